The number of aromatic nitrogens is 2. The van der Waals surface area contributed by atoms with Gasteiger partial charge >= 0.3 is 0 Å². The first-order valence-electron chi connectivity index (χ1n) is 10.1. The zero-order valence-corrected chi connectivity index (χ0v) is 16.6. The van der Waals surface area contributed by atoms with Crippen molar-refractivity contribution in [1.29, 1.82) is 0 Å². The van der Waals surface area contributed by atoms with E-state index < -0.39 is 6.10 Å². The maximum Gasteiger partial charge on any atom is 0.255 e. The minimum absolute atomic E-state index is 0.201. The van der Waals surface area contributed by atoms with Crippen molar-refractivity contribution >= 4 is 27.6 Å². The Labute approximate surface area is 164 Å². The Morgan fingerprint density at radius 1 is 1.18 bits per heavy atom. The molecular formula is C22H27N3O3. The first-order valence-corrected chi connectivity index (χ1v) is 10.1. The van der Waals surface area contributed by atoms with Gasteiger partial charge in [-0.15, -0.1) is 0 Å². The van der Waals surface area contributed by atoms with Gasteiger partial charge in [-0.3, -0.25) is 4.79 Å². The molecule has 3 aromatic rings. The fourth-order valence-electron chi connectivity index (χ4n) is 4.12. The molecule has 0 radical (unpaired) electrons. The number of H-pyrrole nitrogens is 1. The van der Waals surface area contributed by atoms with Gasteiger partial charge in [-0.05, 0) is 44.5 Å². The van der Waals surface area contributed by atoms with Crippen molar-refractivity contribution in [2.24, 2.45) is 0 Å². The number of nitrogens with one attached hydrogen (secondary N) is 1. The quantitative estimate of drug-likeness (QED) is 0.661. The lowest BCUT2D eigenvalue weighted by atomic mass is 10.0. The van der Waals surface area contributed by atoms with E-state index in [1.54, 1.807) is 0 Å². The standard InChI is InChI=1S/C22H27N3O3/c1-4-19-18(26)12-20(28-19)16-10-14-9-13-7-8-15(25(5-2)6-3)11-17(13)23-21(14)24-22(16)27/h7-11,18-20,26H,4-6,12H2,1-3H3,(H,23,24,27)/t18-,19-,20-/m1/s1. The van der Waals surface area contributed by atoms with E-state index in [4.69, 9.17) is 9.72 Å². The lowest BCUT2D eigenvalue weighted by Crippen LogP contribution is -2.21. The normalized spacial score (nSPS) is 22.2. The molecule has 148 valence electrons. The Morgan fingerprint density at radius 3 is 2.64 bits per heavy atom. The van der Waals surface area contributed by atoms with Crippen LogP contribution < -0.4 is 10.5 Å². The summed E-state index contributed by atoms with van der Waals surface area (Å²) in [7, 11) is 0. The second-order valence-corrected chi connectivity index (χ2v) is 7.40. The number of hydrogen-bond donors (Lipinski definition) is 2. The lowest BCUT2D eigenvalue weighted by molar-refractivity contribution is 0.00740. The van der Waals surface area contributed by atoms with Crippen LogP contribution in [0.1, 0.15) is 45.3 Å². The second kappa shape index (κ2) is 7.53. The van der Waals surface area contributed by atoms with E-state index in [0.717, 1.165) is 41.5 Å². The third kappa shape index (κ3) is 3.27. The molecule has 1 aromatic carbocycles. The van der Waals surface area contributed by atoms with E-state index in [0.29, 0.717) is 17.6 Å². The number of fused-ring (bicyclic) bond motifs is 2. The molecule has 0 aliphatic carbocycles. The fourth-order valence-corrected chi connectivity index (χ4v) is 4.12. The molecule has 3 atom stereocenters. The van der Waals surface area contributed by atoms with Gasteiger partial charge in [0.1, 0.15) is 5.65 Å². The minimum atomic E-state index is -0.529. The average Bonchev–Trinajstić information content (AvgIpc) is 3.07. The summed E-state index contributed by atoms with van der Waals surface area (Å²) in [4.78, 5) is 22.5. The summed E-state index contributed by atoms with van der Waals surface area (Å²) < 4.78 is 5.90. The molecule has 2 N–H and O–H groups in total. The molecule has 6 nitrogen and oxygen atoms in total. The van der Waals surface area contributed by atoms with Crippen LogP contribution in [0.15, 0.2) is 35.1 Å². The van der Waals surface area contributed by atoms with E-state index in [-0.39, 0.29) is 17.8 Å². The Morgan fingerprint density at radius 2 is 1.96 bits per heavy atom. The first kappa shape index (κ1) is 18.9. The van der Waals surface area contributed by atoms with Gasteiger partial charge in [-0.25, -0.2) is 4.98 Å². The van der Waals surface area contributed by atoms with Gasteiger partial charge in [0.15, 0.2) is 0 Å². The summed E-state index contributed by atoms with van der Waals surface area (Å²) >= 11 is 0. The van der Waals surface area contributed by atoms with Crippen molar-refractivity contribution in [1.82, 2.24) is 9.97 Å². The highest BCUT2D eigenvalue weighted by Gasteiger charge is 2.34. The van der Waals surface area contributed by atoms with E-state index in [2.05, 4.69) is 41.9 Å². The SMILES string of the molecule is CC[C@H]1O[C@@H](c2cc3cc4ccc(N(CC)CC)cc4nc3[nH]c2=O)C[C@H]1O. The summed E-state index contributed by atoms with van der Waals surface area (Å²) in [5.41, 5.74) is 2.92. The molecular weight excluding hydrogens is 354 g/mol. The predicted octanol–water partition coefficient (Wildman–Crippen LogP) is 3.52. The number of aliphatic hydroxyl groups is 1. The van der Waals surface area contributed by atoms with Gasteiger partial charge in [0, 0.05) is 41.5 Å². The van der Waals surface area contributed by atoms with Gasteiger partial charge in [0.2, 0.25) is 0 Å². The van der Waals surface area contributed by atoms with Crippen LogP contribution in [0.4, 0.5) is 5.69 Å². The van der Waals surface area contributed by atoms with E-state index in [1.165, 1.54) is 0 Å². The highest BCUT2D eigenvalue weighted by atomic mass is 16.5. The Balaban J connectivity index is 1.77. The molecule has 0 amide bonds. The Hall–Kier alpha value is -2.44. The summed E-state index contributed by atoms with van der Waals surface area (Å²) in [6.07, 6.45) is 0.0476. The number of pyridine rings is 2. The summed E-state index contributed by atoms with van der Waals surface area (Å²) in [5, 5.41) is 12.0. The monoisotopic (exact) mass is 381 g/mol. The number of hydrogen-bond acceptors (Lipinski definition) is 5. The van der Waals surface area contributed by atoms with Crippen molar-refractivity contribution in [3.8, 4) is 0 Å². The molecule has 1 aliphatic heterocycles. The third-order valence-electron chi connectivity index (χ3n) is 5.74. The van der Waals surface area contributed by atoms with Crippen LogP contribution in [-0.2, 0) is 4.74 Å². The second-order valence-electron chi connectivity index (χ2n) is 7.40. The summed E-state index contributed by atoms with van der Waals surface area (Å²) in [6, 6.07) is 10.2. The van der Waals surface area contributed by atoms with E-state index in [9.17, 15) is 9.90 Å². The zero-order chi connectivity index (χ0) is 19.8. The largest absolute Gasteiger partial charge is 0.390 e. The van der Waals surface area contributed by atoms with Crippen molar-refractivity contribution in [2.45, 2.75) is 51.9 Å². The highest BCUT2D eigenvalue weighted by molar-refractivity contribution is 5.92. The third-order valence-corrected chi connectivity index (χ3v) is 5.74. The van der Waals surface area contributed by atoms with Crippen LogP contribution in [0.5, 0.6) is 0 Å². The molecule has 28 heavy (non-hydrogen) atoms. The van der Waals surface area contributed by atoms with Crippen LogP contribution >= 0.6 is 0 Å². The number of rotatable bonds is 5. The van der Waals surface area contributed by atoms with Crippen LogP contribution in [0.25, 0.3) is 21.9 Å². The molecule has 6 heteroatoms. The van der Waals surface area contributed by atoms with Crippen molar-refractivity contribution in [2.75, 3.05) is 18.0 Å². The highest BCUT2D eigenvalue weighted by Crippen LogP contribution is 2.34. The number of anilines is 1. The van der Waals surface area contributed by atoms with Crippen LogP contribution in [-0.4, -0.2) is 40.4 Å². The van der Waals surface area contributed by atoms with Gasteiger partial charge in [-0.2, -0.15) is 0 Å². The minimum Gasteiger partial charge on any atom is -0.390 e. The number of aliphatic hydroxyl groups excluding tert-OH is 1. The first-order chi connectivity index (χ1) is 13.5. The molecule has 0 saturated carbocycles. The fraction of sp³-hybridized carbons (Fsp3) is 0.455. The van der Waals surface area contributed by atoms with Gasteiger partial charge in [0.25, 0.3) is 5.56 Å². The summed E-state index contributed by atoms with van der Waals surface area (Å²) in [6.45, 7) is 8.10. The maximum atomic E-state index is 12.7. The molecule has 1 aliphatic rings. The number of nitrogens with zero attached hydrogens (tertiary/aromatic N) is 2. The summed E-state index contributed by atoms with van der Waals surface area (Å²) in [5.74, 6) is 0. The van der Waals surface area contributed by atoms with Gasteiger partial charge in [0.05, 0.1) is 23.8 Å². The van der Waals surface area contributed by atoms with Gasteiger partial charge in [-0.1, -0.05) is 13.0 Å². The lowest BCUT2D eigenvalue weighted by Gasteiger charge is -2.21. The molecule has 3 heterocycles. The molecule has 0 unspecified atom stereocenters. The number of aromatic amines is 1. The van der Waals surface area contributed by atoms with E-state index in [1.807, 2.05) is 19.1 Å². The number of ether oxygens (including phenoxy) is 1. The molecule has 0 bridgehead atoms. The molecule has 4 rings (SSSR count). The number of benzene rings is 1. The van der Waals surface area contributed by atoms with Gasteiger partial charge < -0.3 is 19.7 Å². The smallest absolute Gasteiger partial charge is 0.255 e. The zero-order valence-electron chi connectivity index (χ0n) is 16.6. The predicted molar refractivity (Wildman–Crippen MR) is 112 cm³/mol. The van der Waals surface area contributed by atoms with Crippen molar-refractivity contribution in [3.63, 3.8) is 0 Å². The molecule has 1 fully saturated rings. The topological polar surface area (TPSA) is 78.5 Å². The van der Waals surface area contributed by atoms with Crippen molar-refractivity contribution in [3.05, 3.63) is 46.2 Å². The molecule has 0 spiro atoms. The average molecular weight is 381 g/mol. The molecule has 2 aromatic heterocycles. The Bertz CT molecular complexity index is 1060. The van der Waals surface area contributed by atoms with Crippen molar-refractivity contribution < 1.29 is 9.84 Å². The van der Waals surface area contributed by atoms with E-state index >= 15 is 0 Å². The molecule has 1 saturated heterocycles. The maximum absolute atomic E-state index is 12.7. The van der Waals surface area contributed by atoms with Crippen LogP contribution in [0.3, 0.4) is 0 Å². The Kier molecular flexibility index (Phi) is 5.08. The van der Waals surface area contributed by atoms with Crippen LogP contribution in [0.2, 0.25) is 0 Å². The van der Waals surface area contributed by atoms with Crippen LogP contribution in [0, 0.1) is 0 Å².